The van der Waals surface area contributed by atoms with Gasteiger partial charge < -0.3 is 19.5 Å². The van der Waals surface area contributed by atoms with Gasteiger partial charge in [-0.15, -0.1) is 0 Å². The van der Waals surface area contributed by atoms with Crippen LogP contribution < -0.4 is 5.32 Å². The van der Waals surface area contributed by atoms with E-state index in [9.17, 15) is 14.4 Å². The molecule has 0 spiro atoms. The first-order chi connectivity index (χ1) is 12.1. The molecule has 0 aliphatic heterocycles. The zero-order valence-electron chi connectivity index (χ0n) is 15.6. The summed E-state index contributed by atoms with van der Waals surface area (Å²) in [5.41, 5.74) is 0.0815. The van der Waals surface area contributed by atoms with Gasteiger partial charge in [0.15, 0.2) is 0 Å². The van der Waals surface area contributed by atoms with Crippen LogP contribution in [-0.4, -0.2) is 43.4 Å². The van der Waals surface area contributed by atoms with Crippen LogP contribution in [0.1, 0.15) is 43.6 Å². The van der Waals surface area contributed by atoms with Gasteiger partial charge in [0.1, 0.15) is 11.6 Å². The summed E-state index contributed by atoms with van der Waals surface area (Å²) >= 11 is 6.03. The largest absolute Gasteiger partial charge is 0.467 e. The minimum atomic E-state index is -0.980. The van der Waals surface area contributed by atoms with E-state index >= 15 is 0 Å². The summed E-state index contributed by atoms with van der Waals surface area (Å²) in [7, 11) is 1.22. The normalized spacial score (nSPS) is 12.1. The highest BCUT2D eigenvalue weighted by Crippen LogP contribution is 2.20. The number of hydrogen-bond donors (Lipinski definition) is 1. The van der Waals surface area contributed by atoms with E-state index in [1.165, 1.54) is 19.2 Å². The lowest BCUT2D eigenvalue weighted by Gasteiger charge is -2.22. The summed E-state index contributed by atoms with van der Waals surface area (Å²) in [6, 6.07) is 3.72. The minimum absolute atomic E-state index is 0.0927. The van der Waals surface area contributed by atoms with Crippen molar-refractivity contribution in [3.05, 3.63) is 34.3 Å². The highest BCUT2D eigenvalue weighted by atomic mass is 35.5. The first kappa shape index (κ1) is 21.8. The van der Waals surface area contributed by atoms with E-state index in [-0.39, 0.29) is 23.6 Å². The van der Waals surface area contributed by atoms with Crippen LogP contribution in [0.15, 0.2) is 18.2 Å². The van der Waals surface area contributed by atoms with Crippen LogP contribution in [0.5, 0.6) is 0 Å². The number of esters is 2. The van der Waals surface area contributed by atoms with Crippen molar-refractivity contribution >= 4 is 29.6 Å². The second kappa shape index (κ2) is 9.43. The van der Waals surface area contributed by atoms with Crippen molar-refractivity contribution in [1.29, 1.82) is 0 Å². The number of carbonyl (C=O) groups excluding carboxylic acids is 3. The Kier molecular flexibility index (Phi) is 7.89. The number of rotatable bonds is 6. The Hall–Kier alpha value is -2.28. The van der Waals surface area contributed by atoms with Crippen molar-refractivity contribution in [2.45, 2.75) is 45.8 Å². The molecule has 7 nitrogen and oxygen atoms in total. The van der Waals surface area contributed by atoms with Crippen molar-refractivity contribution < 1.29 is 28.6 Å². The fourth-order valence-corrected chi connectivity index (χ4v) is 2.28. The number of nitrogens with one attached hydrogen (secondary N) is 1. The lowest BCUT2D eigenvalue weighted by Crippen LogP contribution is -2.45. The SMILES string of the molecule is CCOC(=O)c1cc(C[C@H](NC(=O)OC(C)(C)C)C(=O)OC)ccc1Cl. The van der Waals surface area contributed by atoms with Crippen molar-refractivity contribution in [2.24, 2.45) is 0 Å². The molecule has 1 N–H and O–H groups in total. The highest BCUT2D eigenvalue weighted by Gasteiger charge is 2.26. The molecule has 0 aliphatic carbocycles. The van der Waals surface area contributed by atoms with Gasteiger partial charge in [0.25, 0.3) is 0 Å². The van der Waals surface area contributed by atoms with E-state index in [0.717, 1.165) is 0 Å². The molecule has 0 saturated carbocycles. The average Bonchev–Trinajstić information content (AvgIpc) is 2.53. The van der Waals surface area contributed by atoms with Crippen molar-refractivity contribution in [2.75, 3.05) is 13.7 Å². The lowest BCUT2D eigenvalue weighted by atomic mass is 10.0. The van der Waals surface area contributed by atoms with Crippen LogP contribution in [0.3, 0.4) is 0 Å². The predicted molar refractivity (Wildman–Crippen MR) is 96.3 cm³/mol. The monoisotopic (exact) mass is 385 g/mol. The number of halogens is 1. The third-order valence-electron chi connectivity index (χ3n) is 3.14. The van der Waals surface area contributed by atoms with Gasteiger partial charge in [0, 0.05) is 6.42 Å². The summed E-state index contributed by atoms with van der Waals surface area (Å²) < 4.78 is 14.8. The molecule has 0 heterocycles. The van der Waals surface area contributed by atoms with Gasteiger partial charge in [-0.1, -0.05) is 17.7 Å². The molecular formula is C18H24ClNO6. The number of benzene rings is 1. The van der Waals surface area contributed by atoms with Crippen molar-refractivity contribution in [3.63, 3.8) is 0 Å². The van der Waals surface area contributed by atoms with Crippen LogP contribution in [-0.2, 0) is 25.4 Å². The quantitative estimate of drug-likeness (QED) is 0.597. The third kappa shape index (κ3) is 6.92. The van der Waals surface area contributed by atoms with E-state index in [2.05, 4.69) is 5.32 Å². The molecule has 0 saturated heterocycles. The number of carbonyl (C=O) groups is 3. The van der Waals surface area contributed by atoms with E-state index in [1.807, 2.05) is 0 Å². The Labute approximate surface area is 157 Å². The smallest absolute Gasteiger partial charge is 0.408 e. The minimum Gasteiger partial charge on any atom is -0.467 e. The molecule has 1 aromatic carbocycles. The summed E-state index contributed by atoms with van der Waals surface area (Å²) in [5.74, 6) is -1.20. The summed E-state index contributed by atoms with van der Waals surface area (Å²) in [5, 5.41) is 2.71. The van der Waals surface area contributed by atoms with E-state index < -0.39 is 29.7 Å². The number of alkyl carbamates (subject to hydrolysis) is 1. The number of methoxy groups -OCH3 is 1. The Morgan fingerprint density at radius 2 is 1.88 bits per heavy atom. The molecule has 0 fully saturated rings. The van der Waals surface area contributed by atoms with Gasteiger partial charge in [-0.25, -0.2) is 14.4 Å². The van der Waals surface area contributed by atoms with Crippen molar-refractivity contribution in [3.8, 4) is 0 Å². The van der Waals surface area contributed by atoms with Gasteiger partial charge in [0.05, 0.1) is 24.3 Å². The maximum Gasteiger partial charge on any atom is 0.408 e. The molecule has 0 radical (unpaired) electrons. The Bertz CT molecular complexity index is 668. The standard InChI is InChI=1S/C18H24ClNO6/c1-6-25-15(21)12-9-11(7-8-13(12)19)10-14(16(22)24-5)20-17(23)26-18(2,3)4/h7-9,14H,6,10H2,1-5H3,(H,20,23)/t14-/m0/s1. The van der Waals surface area contributed by atoms with Crippen LogP contribution in [0.2, 0.25) is 5.02 Å². The fraction of sp³-hybridized carbons (Fsp3) is 0.500. The maximum absolute atomic E-state index is 12.0. The molecule has 0 bridgehead atoms. The van der Waals surface area contributed by atoms with Gasteiger partial charge in [-0.2, -0.15) is 0 Å². The van der Waals surface area contributed by atoms with Crippen LogP contribution in [0.4, 0.5) is 4.79 Å². The molecule has 8 heteroatoms. The summed E-state index contributed by atoms with van der Waals surface area (Å²) in [6.45, 7) is 7.04. The topological polar surface area (TPSA) is 90.9 Å². The molecule has 0 aliphatic rings. The molecule has 1 amide bonds. The zero-order valence-corrected chi connectivity index (χ0v) is 16.3. The summed E-state index contributed by atoms with van der Waals surface area (Å²) in [6.07, 6.45) is -0.650. The number of ether oxygens (including phenoxy) is 3. The van der Waals surface area contributed by atoms with E-state index in [0.29, 0.717) is 5.56 Å². The first-order valence-electron chi connectivity index (χ1n) is 8.10. The number of hydrogen-bond acceptors (Lipinski definition) is 6. The van der Waals surface area contributed by atoms with Crippen molar-refractivity contribution in [1.82, 2.24) is 5.32 Å². The second-order valence-corrected chi connectivity index (χ2v) is 6.87. The van der Waals surface area contributed by atoms with Gasteiger partial charge in [-0.3, -0.25) is 0 Å². The van der Waals surface area contributed by atoms with Crippen LogP contribution in [0.25, 0.3) is 0 Å². The first-order valence-corrected chi connectivity index (χ1v) is 8.48. The van der Waals surface area contributed by atoms with Crippen LogP contribution >= 0.6 is 11.6 Å². The Balaban J connectivity index is 2.98. The molecule has 0 aromatic heterocycles. The zero-order chi connectivity index (χ0) is 19.9. The van der Waals surface area contributed by atoms with Gasteiger partial charge in [0.2, 0.25) is 0 Å². The Morgan fingerprint density at radius 1 is 1.23 bits per heavy atom. The van der Waals surface area contributed by atoms with E-state index in [4.69, 9.17) is 25.8 Å². The van der Waals surface area contributed by atoms with Crippen LogP contribution in [0, 0.1) is 0 Å². The molecular weight excluding hydrogens is 362 g/mol. The molecule has 0 unspecified atom stereocenters. The highest BCUT2D eigenvalue weighted by molar-refractivity contribution is 6.33. The fourth-order valence-electron chi connectivity index (χ4n) is 2.09. The third-order valence-corrected chi connectivity index (χ3v) is 3.47. The molecule has 26 heavy (non-hydrogen) atoms. The summed E-state index contributed by atoms with van der Waals surface area (Å²) in [4.78, 5) is 35.9. The second-order valence-electron chi connectivity index (χ2n) is 6.46. The Morgan fingerprint density at radius 3 is 2.42 bits per heavy atom. The molecule has 144 valence electrons. The predicted octanol–water partition coefficient (Wildman–Crippen LogP) is 3.13. The number of amides is 1. The lowest BCUT2D eigenvalue weighted by molar-refractivity contribution is -0.143. The average molecular weight is 386 g/mol. The molecule has 1 rings (SSSR count). The molecule has 1 aromatic rings. The van der Waals surface area contributed by atoms with Gasteiger partial charge in [-0.05, 0) is 45.4 Å². The van der Waals surface area contributed by atoms with Gasteiger partial charge >= 0.3 is 18.0 Å². The van der Waals surface area contributed by atoms with E-state index in [1.54, 1.807) is 33.8 Å². The maximum atomic E-state index is 12.0. The molecule has 1 atom stereocenters.